The second-order valence-electron chi connectivity index (χ2n) is 7.53. The molecule has 0 aliphatic heterocycles. The molecule has 0 saturated heterocycles. The fourth-order valence-corrected chi connectivity index (χ4v) is 4.39. The minimum atomic E-state index is -0.680. The number of carbonyl (C=O) groups is 1. The van der Waals surface area contributed by atoms with Crippen LogP contribution in [-0.4, -0.2) is 28.5 Å². The van der Waals surface area contributed by atoms with Crippen molar-refractivity contribution in [2.45, 2.75) is 33.4 Å². The third kappa shape index (κ3) is 4.45. The van der Waals surface area contributed by atoms with E-state index in [-0.39, 0.29) is 11.7 Å². The van der Waals surface area contributed by atoms with Crippen LogP contribution in [0, 0.1) is 19.7 Å². The molecular formula is C24H24FN3O3S. The third-order valence-electron chi connectivity index (χ3n) is 5.21. The van der Waals surface area contributed by atoms with Gasteiger partial charge in [-0.2, -0.15) is 0 Å². The average Bonchev–Trinajstić information content (AvgIpc) is 3.32. The van der Waals surface area contributed by atoms with Gasteiger partial charge in [-0.05, 0) is 62.7 Å². The smallest absolute Gasteiger partial charge is 0.261 e. The Morgan fingerprint density at radius 1 is 1.19 bits per heavy atom. The van der Waals surface area contributed by atoms with Gasteiger partial charge >= 0.3 is 0 Å². The SMILES string of the molecule is COc1cc(C)ccc1OC(C)C(=O)NCc1sc2nc(-c3ccc(F)cc3)cn2c1C. The number of ether oxygens (including phenoxy) is 2. The molecule has 0 saturated carbocycles. The Balaban J connectivity index is 1.42. The second-order valence-corrected chi connectivity index (χ2v) is 8.59. The largest absolute Gasteiger partial charge is 0.493 e. The molecule has 8 heteroatoms. The minimum absolute atomic E-state index is 0.218. The molecule has 0 radical (unpaired) electrons. The van der Waals surface area contributed by atoms with Crippen LogP contribution in [0.1, 0.15) is 23.1 Å². The van der Waals surface area contributed by atoms with Crippen LogP contribution in [0.25, 0.3) is 16.2 Å². The number of benzene rings is 2. The number of aromatic nitrogens is 2. The number of rotatable bonds is 7. The van der Waals surface area contributed by atoms with Crippen molar-refractivity contribution < 1.29 is 18.7 Å². The summed E-state index contributed by atoms with van der Waals surface area (Å²) in [5, 5.41) is 2.93. The first-order valence-electron chi connectivity index (χ1n) is 10.2. The van der Waals surface area contributed by atoms with Gasteiger partial charge in [0, 0.05) is 22.3 Å². The number of hydrogen-bond acceptors (Lipinski definition) is 5. The molecule has 1 atom stereocenters. The van der Waals surface area contributed by atoms with Crippen molar-refractivity contribution in [1.82, 2.24) is 14.7 Å². The van der Waals surface area contributed by atoms with Crippen LogP contribution in [-0.2, 0) is 11.3 Å². The fraction of sp³-hybridized carbons (Fsp3) is 0.250. The van der Waals surface area contributed by atoms with E-state index in [1.165, 1.54) is 23.5 Å². The van der Waals surface area contributed by atoms with Crippen molar-refractivity contribution in [1.29, 1.82) is 0 Å². The van der Waals surface area contributed by atoms with Crippen LogP contribution in [0.3, 0.4) is 0 Å². The van der Waals surface area contributed by atoms with Crippen LogP contribution in [0.5, 0.6) is 11.5 Å². The molecule has 4 rings (SSSR count). The quantitative estimate of drug-likeness (QED) is 0.432. The predicted molar refractivity (Wildman–Crippen MR) is 123 cm³/mol. The van der Waals surface area contributed by atoms with Gasteiger partial charge in [0.05, 0.1) is 19.3 Å². The molecule has 0 fully saturated rings. The highest BCUT2D eigenvalue weighted by molar-refractivity contribution is 7.17. The Labute approximate surface area is 189 Å². The van der Waals surface area contributed by atoms with Gasteiger partial charge in [-0.15, -0.1) is 0 Å². The molecule has 2 aromatic heterocycles. The Hall–Kier alpha value is -3.39. The molecule has 0 aliphatic carbocycles. The number of nitrogens with zero attached hydrogens (tertiary/aromatic N) is 2. The van der Waals surface area contributed by atoms with Crippen LogP contribution in [0.2, 0.25) is 0 Å². The van der Waals surface area contributed by atoms with E-state index in [0.29, 0.717) is 18.0 Å². The summed E-state index contributed by atoms with van der Waals surface area (Å²) in [4.78, 5) is 19.1. The van der Waals surface area contributed by atoms with Crippen molar-refractivity contribution in [3.8, 4) is 22.8 Å². The molecule has 0 aliphatic rings. The van der Waals surface area contributed by atoms with E-state index in [9.17, 15) is 9.18 Å². The van der Waals surface area contributed by atoms with Gasteiger partial charge in [0.1, 0.15) is 5.82 Å². The van der Waals surface area contributed by atoms with Crippen molar-refractivity contribution in [2.75, 3.05) is 7.11 Å². The number of nitrogens with one attached hydrogen (secondary N) is 1. The molecule has 32 heavy (non-hydrogen) atoms. The number of methoxy groups -OCH3 is 1. The molecule has 0 spiro atoms. The number of thiazole rings is 1. The molecular weight excluding hydrogens is 429 g/mol. The van der Waals surface area contributed by atoms with Crippen LogP contribution in [0.15, 0.2) is 48.7 Å². The maximum Gasteiger partial charge on any atom is 0.261 e. The molecule has 2 aromatic carbocycles. The maximum absolute atomic E-state index is 13.2. The lowest BCUT2D eigenvalue weighted by Gasteiger charge is -2.17. The normalized spacial score (nSPS) is 12.0. The molecule has 2 heterocycles. The standard InChI is InChI=1S/C24H24FN3O3S/c1-14-5-10-20(21(11-14)30-4)31-16(3)23(29)26-12-22-15(2)28-13-19(27-24(28)32-22)17-6-8-18(25)9-7-17/h5-11,13,16H,12H2,1-4H3,(H,26,29). The molecule has 1 unspecified atom stereocenters. The zero-order valence-corrected chi connectivity index (χ0v) is 19.1. The number of imidazole rings is 1. The predicted octanol–water partition coefficient (Wildman–Crippen LogP) is 4.91. The second kappa shape index (κ2) is 9.00. The zero-order valence-electron chi connectivity index (χ0n) is 18.3. The molecule has 1 N–H and O–H groups in total. The highest BCUT2D eigenvalue weighted by Crippen LogP contribution is 2.29. The third-order valence-corrected chi connectivity index (χ3v) is 6.36. The zero-order chi connectivity index (χ0) is 22.8. The lowest BCUT2D eigenvalue weighted by molar-refractivity contribution is -0.127. The van der Waals surface area contributed by atoms with Gasteiger partial charge in [-0.25, -0.2) is 9.37 Å². The van der Waals surface area contributed by atoms with E-state index < -0.39 is 6.10 Å². The van der Waals surface area contributed by atoms with Crippen molar-refractivity contribution in [2.24, 2.45) is 0 Å². The minimum Gasteiger partial charge on any atom is -0.493 e. The number of carbonyl (C=O) groups excluding carboxylic acids is 1. The molecule has 4 aromatic rings. The first kappa shape index (κ1) is 21.8. The number of fused-ring (bicyclic) bond motifs is 1. The van der Waals surface area contributed by atoms with Gasteiger partial charge < -0.3 is 14.8 Å². The Bertz CT molecular complexity index is 1260. The molecule has 6 nitrogen and oxygen atoms in total. The van der Waals surface area contributed by atoms with E-state index in [2.05, 4.69) is 10.3 Å². The average molecular weight is 454 g/mol. The molecule has 0 bridgehead atoms. The number of hydrogen-bond donors (Lipinski definition) is 1. The van der Waals surface area contributed by atoms with E-state index in [1.807, 2.05) is 36.6 Å². The summed E-state index contributed by atoms with van der Waals surface area (Å²) in [5.74, 6) is 0.629. The van der Waals surface area contributed by atoms with Gasteiger partial charge in [-0.1, -0.05) is 17.4 Å². The Morgan fingerprint density at radius 2 is 1.94 bits per heavy atom. The Kier molecular flexibility index (Phi) is 6.14. The van der Waals surface area contributed by atoms with E-state index in [4.69, 9.17) is 9.47 Å². The van der Waals surface area contributed by atoms with Gasteiger partial charge in [0.15, 0.2) is 22.6 Å². The number of amides is 1. The maximum atomic E-state index is 13.2. The lowest BCUT2D eigenvalue weighted by atomic mass is 10.2. The molecule has 166 valence electrons. The van der Waals surface area contributed by atoms with Gasteiger partial charge in [-0.3, -0.25) is 9.20 Å². The summed E-state index contributed by atoms with van der Waals surface area (Å²) in [7, 11) is 1.57. The van der Waals surface area contributed by atoms with E-state index in [0.717, 1.165) is 32.4 Å². The monoisotopic (exact) mass is 453 g/mol. The van der Waals surface area contributed by atoms with Crippen LogP contribution < -0.4 is 14.8 Å². The fourth-order valence-electron chi connectivity index (χ4n) is 3.34. The van der Waals surface area contributed by atoms with Crippen molar-refractivity contribution in [3.63, 3.8) is 0 Å². The van der Waals surface area contributed by atoms with Gasteiger partial charge in [0.2, 0.25) is 0 Å². The van der Waals surface area contributed by atoms with Crippen molar-refractivity contribution >= 4 is 22.2 Å². The first-order chi connectivity index (χ1) is 15.4. The van der Waals surface area contributed by atoms with E-state index in [1.54, 1.807) is 32.2 Å². The summed E-state index contributed by atoms with van der Waals surface area (Å²) in [6.07, 6.45) is 1.25. The number of aryl methyl sites for hydroxylation is 2. The summed E-state index contributed by atoms with van der Waals surface area (Å²) < 4.78 is 26.3. The van der Waals surface area contributed by atoms with Crippen molar-refractivity contribution in [3.05, 3.63) is 70.6 Å². The lowest BCUT2D eigenvalue weighted by Crippen LogP contribution is -2.35. The first-order valence-corrected chi connectivity index (χ1v) is 11.0. The van der Waals surface area contributed by atoms with Crippen LogP contribution in [0.4, 0.5) is 4.39 Å². The topological polar surface area (TPSA) is 64.9 Å². The highest BCUT2D eigenvalue weighted by Gasteiger charge is 2.19. The van der Waals surface area contributed by atoms with E-state index >= 15 is 0 Å². The summed E-state index contributed by atoms with van der Waals surface area (Å²) in [5.41, 5.74) is 3.69. The summed E-state index contributed by atoms with van der Waals surface area (Å²) >= 11 is 1.51. The summed E-state index contributed by atoms with van der Waals surface area (Å²) in [6.45, 7) is 6.03. The number of halogens is 1. The van der Waals surface area contributed by atoms with Gasteiger partial charge in [0.25, 0.3) is 5.91 Å². The highest BCUT2D eigenvalue weighted by atomic mass is 32.1. The molecule has 1 amide bonds. The van der Waals surface area contributed by atoms with Crippen LogP contribution >= 0.6 is 11.3 Å². The summed E-state index contributed by atoms with van der Waals surface area (Å²) in [6, 6.07) is 11.8. The Morgan fingerprint density at radius 3 is 2.62 bits per heavy atom.